The Morgan fingerprint density at radius 1 is 1.47 bits per heavy atom. The molecule has 1 aliphatic carbocycles. The fourth-order valence-corrected chi connectivity index (χ4v) is 2.50. The first kappa shape index (κ1) is 16.2. The van der Waals surface area contributed by atoms with Crippen molar-refractivity contribution >= 4 is 5.97 Å². The quantitative estimate of drug-likeness (QED) is 0.543. The van der Waals surface area contributed by atoms with Crippen LogP contribution in [0.1, 0.15) is 45.4 Å². The van der Waals surface area contributed by atoms with E-state index in [1.54, 1.807) is 7.11 Å². The summed E-state index contributed by atoms with van der Waals surface area (Å²) in [6.07, 6.45) is 7.40. The first-order chi connectivity index (χ1) is 9.21. The molecule has 0 spiro atoms. The van der Waals surface area contributed by atoms with Crippen molar-refractivity contribution in [1.29, 1.82) is 0 Å². The van der Waals surface area contributed by atoms with Gasteiger partial charge in [-0.15, -0.1) is 0 Å². The van der Waals surface area contributed by atoms with E-state index in [9.17, 15) is 4.79 Å². The fraction of sp³-hybridized carbons (Fsp3) is 0.800. The molecule has 0 fully saturated rings. The lowest BCUT2D eigenvalue weighted by Gasteiger charge is -2.28. The number of esters is 1. The molecule has 0 aromatic rings. The number of nitrogens with one attached hydrogen (secondary N) is 1. The van der Waals surface area contributed by atoms with Crippen molar-refractivity contribution in [2.45, 2.75) is 51.5 Å². The van der Waals surface area contributed by atoms with Gasteiger partial charge in [-0.2, -0.15) is 0 Å². The van der Waals surface area contributed by atoms with E-state index in [-0.39, 0.29) is 5.97 Å². The SMILES string of the molecule is CC[C@@H]1CCC(OC(=O)CCCCOC)=C[C@@H]1NC. The summed E-state index contributed by atoms with van der Waals surface area (Å²) in [7, 11) is 3.63. The Morgan fingerprint density at radius 2 is 2.26 bits per heavy atom. The molecule has 19 heavy (non-hydrogen) atoms. The van der Waals surface area contributed by atoms with Crippen LogP contribution in [0.25, 0.3) is 0 Å². The average molecular weight is 269 g/mol. The summed E-state index contributed by atoms with van der Waals surface area (Å²) in [5.74, 6) is 1.36. The summed E-state index contributed by atoms with van der Waals surface area (Å²) >= 11 is 0. The number of rotatable bonds is 8. The molecule has 0 heterocycles. The first-order valence-corrected chi connectivity index (χ1v) is 7.28. The summed E-state index contributed by atoms with van der Waals surface area (Å²) in [4.78, 5) is 11.7. The van der Waals surface area contributed by atoms with Gasteiger partial charge >= 0.3 is 5.97 Å². The lowest BCUT2D eigenvalue weighted by molar-refractivity contribution is -0.140. The molecule has 1 aliphatic rings. The van der Waals surface area contributed by atoms with Gasteiger partial charge in [0.15, 0.2) is 0 Å². The number of carbonyl (C=O) groups excluding carboxylic acids is 1. The van der Waals surface area contributed by atoms with Crippen molar-refractivity contribution in [3.05, 3.63) is 11.8 Å². The lowest BCUT2D eigenvalue weighted by Crippen LogP contribution is -2.34. The molecule has 0 saturated heterocycles. The number of carbonyl (C=O) groups is 1. The van der Waals surface area contributed by atoms with Gasteiger partial charge in [0.1, 0.15) is 5.76 Å². The molecule has 4 nitrogen and oxygen atoms in total. The van der Waals surface area contributed by atoms with Gasteiger partial charge in [0.05, 0.1) is 0 Å². The Morgan fingerprint density at radius 3 is 2.89 bits per heavy atom. The van der Waals surface area contributed by atoms with Crippen molar-refractivity contribution < 1.29 is 14.3 Å². The van der Waals surface area contributed by atoms with Gasteiger partial charge < -0.3 is 14.8 Å². The maximum atomic E-state index is 11.7. The number of ether oxygens (including phenoxy) is 2. The Balaban J connectivity index is 2.35. The van der Waals surface area contributed by atoms with Gasteiger partial charge in [0.25, 0.3) is 0 Å². The van der Waals surface area contributed by atoms with Gasteiger partial charge in [-0.1, -0.05) is 13.3 Å². The summed E-state index contributed by atoms with van der Waals surface area (Å²) in [5, 5.41) is 3.28. The van der Waals surface area contributed by atoms with Gasteiger partial charge in [0.2, 0.25) is 0 Å². The topological polar surface area (TPSA) is 47.6 Å². The summed E-state index contributed by atoms with van der Waals surface area (Å²) in [5.41, 5.74) is 0. The van der Waals surface area contributed by atoms with Crippen LogP contribution in [-0.2, 0) is 14.3 Å². The summed E-state index contributed by atoms with van der Waals surface area (Å²) in [6, 6.07) is 0.329. The number of likely N-dealkylation sites (N-methyl/N-ethyl adjacent to an activating group) is 1. The second kappa shape index (κ2) is 9.10. The van der Waals surface area contributed by atoms with E-state index in [0.717, 1.165) is 37.9 Å². The zero-order chi connectivity index (χ0) is 14.1. The molecule has 2 atom stereocenters. The zero-order valence-corrected chi connectivity index (χ0v) is 12.4. The molecule has 0 amide bonds. The number of hydrogen-bond acceptors (Lipinski definition) is 4. The largest absolute Gasteiger partial charge is 0.431 e. The van der Waals surface area contributed by atoms with Gasteiger partial charge in [0, 0.05) is 32.6 Å². The molecule has 0 aliphatic heterocycles. The normalized spacial score (nSPS) is 23.0. The third kappa shape index (κ3) is 5.74. The van der Waals surface area contributed by atoms with E-state index in [1.165, 1.54) is 0 Å². The van der Waals surface area contributed by atoms with Crippen LogP contribution in [0, 0.1) is 5.92 Å². The van der Waals surface area contributed by atoms with Crippen LogP contribution in [0.2, 0.25) is 0 Å². The molecule has 1 rings (SSSR count). The molecule has 0 aromatic carbocycles. The lowest BCUT2D eigenvalue weighted by atomic mass is 9.87. The summed E-state index contributed by atoms with van der Waals surface area (Å²) in [6.45, 7) is 2.91. The third-order valence-electron chi connectivity index (χ3n) is 3.72. The molecule has 110 valence electrons. The van der Waals surface area contributed by atoms with E-state index < -0.39 is 0 Å². The second-order valence-corrected chi connectivity index (χ2v) is 5.08. The number of hydrogen-bond donors (Lipinski definition) is 1. The van der Waals surface area contributed by atoms with E-state index in [4.69, 9.17) is 9.47 Å². The fourth-order valence-electron chi connectivity index (χ4n) is 2.50. The maximum Gasteiger partial charge on any atom is 0.310 e. The van der Waals surface area contributed by atoms with E-state index in [0.29, 0.717) is 25.0 Å². The first-order valence-electron chi connectivity index (χ1n) is 7.28. The smallest absolute Gasteiger partial charge is 0.310 e. The van der Waals surface area contributed by atoms with Crippen LogP contribution in [0.3, 0.4) is 0 Å². The van der Waals surface area contributed by atoms with Gasteiger partial charge in [-0.05, 0) is 38.3 Å². The zero-order valence-electron chi connectivity index (χ0n) is 12.4. The molecule has 0 unspecified atom stereocenters. The highest BCUT2D eigenvalue weighted by Gasteiger charge is 2.23. The van der Waals surface area contributed by atoms with Gasteiger partial charge in [-0.25, -0.2) is 0 Å². The van der Waals surface area contributed by atoms with Gasteiger partial charge in [-0.3, -0.25) is 4.79 Å². The molecule has 0 bridgehead atoms. The highest BCUT2D eigenvalue weighted by molar-refractivity contribution is 5.70. The standard InChI is InChI=1S/C15H27NO3/c1-4-12-8-9-13(11-14(12)16-2)19-15(17)7-5-6-10-18-3/h11-12,14,16H,4-10H2,1-3H3/t12-,14+/m1/s1. The van der Waals surface area contributed by atoms with Crippen molar-refractivity contribution in [2.75, 3.05) is 20.8 Å². The number of methoxy groups -OCH3 is 1. The minimum Gasteiger partial charge on any atom is -0.431 e. The average Bonchev–Trinajstić information content (AvgIpc) is 2.43. The molecular weight excluding hydrogens is 242 g/mol. The Kier molecular flexibility index (Phi) is 7.75. The molecule has 0 aromatic heterocycles. The van der Waals surface area contributed by atoms with E-state index in [2.05, 4.69) is 18.3 Å². The highest BCUT2D eigenvalue weighted by Crippen LogP contribution is 2.27. The Labute approximate surface area is 116 Å². The highest BCUT2D eigenvalue weighted by atomic mass is 16.5. The van der Waals surface area contributed by atoms with Crippen molar-refractivity contribution in [2.24, 2.45) is 5.92 Å². The van der Waals surface area contributed by atoms with Crippen LogP contribution in [0.15, 0.2) is 11.8 Å². The molecule has 4 heteroatoms. The minimum absolute atomic E-state index is 0.118. The van der Waals surface area contributed by atoms with Crippen molar-refractivity contribution in [1.82, 2.24) is 5.32 Å². The molecule has 0 saturated carbocycles. The van der Waals surface area contributed by atoms with Crippen LogP contribution >= 0.6 is 0 Å². The second-order valence-electron chi connectivity index (χ2n) is 5.08. The van der Waals surface area contributed by atoms with Crippen molar-refractivity contribution in [3.63, 3.8) is 0 Å². The minimum atomic E-state index is -0.118. The monoisotopic (exact) mass is 269 g/mol. The molecule has 1 N–H and O–H groups in total. The van der Waals surface area contributed by atoms with Crippen LogP contribution < -0.4 is 5.32 Å². The number of unbranched alkanes of at least 4 members (excludes halogenated alkanes) is 1. The number of allylic oxidation sites excluding steroid dienone is 1. The predicted octanol–water partition coefficient (Wildman–Crippen LogP) is 2.64. The van der Waals surface area contributed by atoms with Crippen LogP contribution in [0.5, 0.6) is 0 Å². The van der Waals surface area contributed by atoms with Crippen LogP contribution in [0.4, 0.5) is 0 Å². The Hall–Kier alpha value is -0.870. The Bertz CT molecular complexity index is 302. The maximum absolute atomic E-state index is 11.7. The van der Waals surface area contributed by atoms with E-state index in [1.807, 2.05) is 7.05 Å². The van der Waals surface area contributed by atoms with Crippen molar-refractivity contribution in [3.8, 4) is 0 Å². The van der Waals surface area contributed by atoms with Crippen LogP contribution in [-0.4, -0.2) is 32.8 Å². The molecule has 0 radical (unpaired) electrons. The molecular formula is C15H27NO3. The summed E-state index contributed by atoms with van der Waals surface area (Å²) < 4.78 is 10.4. The van der Waals surface area contributed by atoms with E-state index >= 15 is 0 Å². The predicted molar refractivity (Wildman–Crippen MR) is 75.8 cm³/mol. The third-order valence-corrected chi connectivity index (χ3v) is 3.72.